The molecule has 92 valence electrons. The molecule has 1 aliphatic rings. The average molecular weight is 239 g/mol. The molecule has 1 fully saturated rings. The average Bonchev–Trinajstić information content (AvgIpc) is 2.16. The van der Waals surface area contributed by atoms with Gasteiger partial charge in [0.05, 0.1) is 11.6 Å². The normalized spacial score (nSPS) is 21.7. The molecule has 1 saturated carbocycles. The first-order valence-electron chi connectivity index (χ1n) is 4.86. The molecule has 1 rings (SSSR count). The predicted octanol–water partition coefficient (Wildman–Crippen LogP) is 2.20. The lowest BCUT2D eigenvalue weighted by Gasteiger charge is -2.24. The molecule has 0 aromatic rings. The van der Waals surface area contributed by atoms with Gasteiger partial charge in [0.25, 0.3) is 0 Å². The summed E-state index contributed by atoms with van der Waals surface area (Å²) in [7, 11) is 0. The van der Waals surface area contributed by atoms with Gasteiger partial charge in [-0.25, -0.2) is 4.79 Å². The number of carbonyl (C=O) groups is 1. The summed E-state index contributed by atoms with van der Waals surface area (Å²) in [5.41, 5.74) is 0.502. The molecular formula is C9H12F3NO3. The van der Waals surface area contributed by atoms with E-state index in [9.17, 15) is 18.0 Å². The fourth-order valence-corrected chi connectivity index (χ4v) is 1.55. The van der Waals surface area contributed by atoms with Crippen molar-refractivity contribution in [3.8, 4) is 0 Å². The monoisotopic (exact) mass is 239 g/mol. The number of hydrogen-bond acceptors (Lipinski definition) is 3. The van der Waals surface area contributed by atoms with Crippen LogP contribution < -0.4 is 0 Å². The van der Waals surface area contributed by atoms with Gasteiger partial charge in [0.1, 0.15) is 0 Å². The summed E-state index contributed by atoms with van der Waals surface area (Å²) >= 11 is 0. The Morgan fingerprint density at radius 1 is 1.44 bits per heavy atom. The van der Waals surface area contributed by atoms with Crippen LogP contribution in [0.25, 0.3) is 0 Å². The van der Waals surface area contributed by atoms with Crippen LogP contribution in [0.1, 0.15) is 25.7 Å². The molecule has 0 unspecified atom stereocenters. The Kier molecular flexibility index (Phi) is 4.14. The van der Waals surface area contributed by atoms with Crippen molar-refractivity contribution in [1.29, 1.82) is 0 Å². The van der Waals surface area contributed by atoms with Gasteiger partial charge in [-0.1, -0.05) is 5.16 Å². The van der Waals surface area contributed by atoms with Crippen LogP contribution in [0.5, 0.6) is 0 Å². The maximum Gasteiger partial charge on any atom is 0.391 e. The quantitative estimate of drug-likeness (QED) is 0.768. The van der Waals surface area contributed by atoms with E-state index in [2.05, 4.69) is 9.99 Å². The van der Waals surface area contributed by atoms with E-state index >= 15 is 0 Å². The van der Waals surface area contributed by atoms with Gasteiger partial charge in [0, 0.05) is 0 Å². The third kappa shape index (κ3) is 4.08. The fraction of sp³-hybridized carbons (Fsp3) is 0.778. The van der Waals surface area contributed by atoms with Crippen molar-refractivity contribution in [2.75, 3.05) is 6.61 Å². The lowest BCUT2D eigenvalue weighted by molar-refractivity contribution is -0.178. The van der Waals surface area contributed by atoms with Gasteiger partial charge in [0.15, 0.2) is 0 Å². The number of carboxylic acids is 1. The zero-order valence-corrected chi connectivity index (χ0v) is 8.46. The fourth-order valence-electron chi connectivity index (χ4n) is 1.55. The Morgan fingerprint density at radius 2 is 2.00 bits per heavy atom. The second-order valence-corrected chi connectivity index (χ2v) is 3.64. The molecule has 0 spiro atoms. The van der Waals surface area contributed by atoms with E-state index in [4.69, 9.17) is 5.11 Å². The summed E-state index contributed by atoms with van der Waals surface area (Å²) in [5.74, 6) is -2.43. The van der Waals surface area contributed by atoms with E-state index in [1.807, 2.05) is 0 Å². The Hall–Kier alpha value is -1.27. The van der Waals surface area contributed by atoms with Crippen LogP contribution in [0, 0.1) is 5.92 Å². The molecule has 0 aromatic heterocycles. The molecule has 0 aliphatic heterocycles. The van der Waals surface area contributed by atoms with Gasteiger partial charge >= 0.3 is 12.1 Å². The minimum atomic E-state index is -4.15. The van der Waals surface area contributed by atoms with Crippen LogP contribution in [-0.4, -0.2) is 29.6 Å². The number of oxime groups is 1. The summed E-state index contributed by atoms with van der Waals surface area (Å²) in [4.78, 5) is 14.5. The first kappa shape index (κ1) is 12.8. The summed E-state index contributed by atoms with van der Waals surface area (Å²) in [6.45, 7) is -0.563. The van der Waals surface area contributed by atoms with Crippen LogP contribution in [0.4, 0.5) is 13.2 Å². The highest BCUT2D eigenvalue weighted by atomic mass is 19.4. The zero-order chi connectivity index (χ0) is 12.2. The van der Waals surface area contributed by atoms with E-state index in [1.165, 1.54) is 0 Å². The van der Waals surface area contributed by atoms with Crippen molar-refractivity contribution < 1.29 is 27.9 Å². The Morgan fingerprint density at radius 3 is 2.44 bits per heavy atom. The summed E-state index contributed by atoms with van der Waals surface area (Å²) in [6, 6.07) is 0. The molecule has 0 aromatic carbocycles. The lowest BCUT2D eigenvalue weighted by Crippen LogP contribution is -2.27. The lowest BCUT2D eigenvalue weighted by atomic mass is 9.87. The van der Waals surface area contributed by atoms with E-state index in [0.29, 0.717) is 5.71 Å². The molecule has 16 heavy (non-hydrogen) atoms. The molecule has 0 atom stereocenters. The van der Waals surface area contributed by atoms with Crippen molar-refractivity contribution in [2.24, 2.45) is 11.1 Å². The zero-order valence-electron chi connectivity index (χ0n) is 8.46. The molecule has 0 radical (unpaired) electrons. The predicted molar refractivity (Wildman–Crippen MR) is 49.0 cm³/mol. The van der Waals surface area contributed by atoms with Crippen molar-refractivity contribution >= 4 is 11.7 Å². The highest BCUT2D eigenvalue weighted by Crippen LogP contribution is 2.36. The van der Waals surface area contributed by atoms with Crippen LogP contribution in [0.2, 0.25) is 0 Å². The summed E-state index contributed by atoms with van der Waals surface area (Å²) < 4.78 is 36.8. The summed E-state index contributed by atoms with van der Waals surface area (Å²) in [6.07, 6.45) is -3.72. The van der Waals surface area contributed by atoms with Gasteiger partial charge in [-0.05, 0) is 25.7 Å². The van der Waals surface area contributed by atoms with Gasteiger partial charge in [0.2, 0.25) is 6.61 Å². The second kappa shape index (κ2) is 5.18. The molecule has 4 nitrogen and oxygen atoms in total. The van der Waals surface area contributed by atoms with E-state index < -0.39 is 24.7 Å². The third-order valence-corrected chi connectivity index (χ3v) is 2.41. The number of nitrogens with zero attached hydrogens (tertiary/aromatic N) is 1. The number of alkyl halides is 3. The van der Waals surface area contributed by atoms with Crippen molar-refractivity contribution in [1.82, 2.24) is 0 Å². The third-order valence-electron chi connectivity index (χ3n) is 2.41. The van der Waals surface area contributed by atoms with Crippen molar-refractivity contribution in [2.45, 2.75) is 31.9 Å². The number of rotatable bonds is 3. The number of halogens is 3. The van der Waals surface area contributed by atoms with Gasteiger partial charge in [-0.2, -0.15) is 13.2 Å². The Bertz CT molecular complexity index is 278. The second-order valence-electron chi connectivity index (χ2n) is 3.64. The highest BCUT2D eigenvalue weighted by molar-refractivity contribution is 5.84. The van der Waals surface area contributed by atoms with Gasteiger partial charge in [-0.3, -0.25) is 0 Å². The standard InChI is InChI=1S/C9H12F3NO3/c10-9(11,12)6-1-3-7(4-2-6)13-16-5-8(14)15/h6H,1-5H2,(H,14,15). The molecule has 7 heteroatoms. The van der Waals surface area contributed by atoms with Gasteiger partial charge in [-0.15, -0.1) is 0 Å². The maximum absolute atomic E-state index is 12.3. The highest BCUT2D eigenvalue weighted by Gasteiger charge is 2.40. The minimum absolute atomic E-state index is 0.00123. The number of hydrogen-bond donors (Lipinski definition) is 1. The summed E-state index contributed by atoms with van der Waals surface area (Å²) in [5, 5.41) is 11.8. The largest absolute Gasteiger partial charge is 0.479 e. The number of aliphatic carboxylic acids is 1. The van der Waals surface area contributed by atoms with E-state index in [-0.39, 0.29) is 25.7 Å². The molecule has 1 N–H and O–H groups in total. The SMILES string of the molecule is O=C(O)CON=C1CCC(C(F)(F)F)CC1. The van der Waals surface area contributed by atoms with E-state index in [1.54, 1.807) is 0 Å². The molecule has 0 bridgehead atoms. The molecular weight excluding hydrogens is 227 g/mol. The Balaban J connectivity index is 2.34. The van der Waals surface area contributed by atoms with Crippen LogP contribution in [0.3, 0.4) is 0 Å². The van der Waals surface area contributed by atoms with E-state index in [0.717, 1.165) is 0 Å². The molecule has 0 saturated heterocycles. The first-order chi connectivity index (χ1) is 7.39. The molecule has 0 heterocycles. The molecule has 1 aliphatic carbocycles. The molecule has 0 amide bonds. The van der Waals surface area contributed by atoms with Crippen LogP contribution >= 0.6 is 0 Å². The van der Waals surface area contributed by atoms with Crippen molar-refractivity contribution in [3.63, 3.8) is 0 Å². The minimum Gasteiger partial charge on any atom is -0.479 e. The maximum atomic E-state index is 12.3. The first-order valence-corrected chi connectivity index (χ1v) is 4.86. The van der Waals surface area contributed by atoms with Crippen LogP contribution in [0.15, 0.2) is 5.16 Å². The van der Waals surface area contributed by atoms with Crippen LogP contribution in [-0.2, 0) is 9.63 Å². The smallest absolute Gasteiger partial charge is 0.391 e. The topological polar surface area (TPSA) is 58.9 Å². The Labute approximate surface area is 90.1 Å². The number of carboxylic acid groups (broad SMARTS) is 1. The van der Waals surface area contributed by atoms with Gasteiger partial charge < -0.3 is 9.94 Å². The van der Waals surface area contributed by atoms with Crippen molar-refractivity contribution in [3.05, 3.63) is 0 Å².